The van der Waals surface area contributed by atoms with Crippen LogP contribution >= 0.6 is 0 Å². The second-order valence-electron chi connectivity index (χ2n) is 6.38. The zero-order valence-electron chi connectivity index (χ0n) is 15.0. The number of hydrogen-bond donors (Lipinski definition) is 1. The molecule has 3 heteroatoms. The van der Waals surface area contributed by atoms with E-state index in [-0.39, 0.29) is 5.82 Å². The lowest BCUT2D eigenvalue weighted by Gasteiger charge is -2.13. The predicted octanol–water partition coefficient (Wildman–Crippen LogP) is 5.05. The summed E-state index contributed by atoms with van der Waals surface area (Å²) in [5, 5.41) is 3.44. The Morgan fingerprint density at radius 3 is 2.31 bits per heavy atom. The molecular formula is C23H24FNO. The van der Waals surface area contributed by atoms with E-state index in [4.69, 9.17) is 4.74 Å². The first kappa shape index (κ1) is 18.2. The third kappa shape index (κ3) is 5.17. The third-order valence-corrected chi connectivity index (χ3v) is 4.44. The molecule has 3 aromatic carbocycles. The van der Waals surface area contributed by atoms with Gasteiger partial charge in [-0.05, 0) is 54.8 Å². The molecule has 0 aliphatic carbocycles. The van der Waals surface area contributed by atoms with Crippen molar-refractivity contribution in [2.24, 2.45) is 0 Å². The van der Waals surface area contributed by atoms with Gasteiger partial charge in [0.2, 0.25) is 0 Å². The Bertz CT molecular complexity index is 830. The number of nitrogens with one attached hydrogen (secondary N) is 1. The molecule has 3 rings (SSSR count). The standard InChI is InChI=1S/C23H24FNO/c1-18-6-2-3-8-21(18)17-26-23-9-5-4-7-20(23)16-25-15-14-19-10-12-22(24)13-11-19/h2-13,25H,14-17H2,1H3. The quantitative estimate of drug-likeness (QED) is 0.575. The monoisotopic (exact) mass is 349 g/mol. The van der Waals surface area contributed by atoms with Crippen LogP contribution in [0.15, 0.2) is 72.8 Å². The van der Waals surface area contributed by atoms with Crippen molar-refractivity contribution in [1.82, 2.24) is 5.32 Å². The maximum absolute atomic E-state index is 12.9. The zero-order valence-corrected chi connectivity index (χ0v) is 15.0. The average molecular weight is 349 g/mol. The van der Waals surface area contributed by atoms with E-state index >= 15 is 0 Å². The number of aryl methyl sites for hydroxylation is 1. The molecule has 0 aromatic heterocycles. The van der Waals surface area contributed by atoms with Crippen molar-refractivity contribution in [2.75, 3.05) is 6.54 Å². The number of para-hydroxylation sites is 1. The molecule has 0 radical (unpaired) electrons. The highest BCUT2D eigenvalue weighted by molar-refractivity contribution is 5.34. The van der Waals surface area contributed by atoms with Crippen LogP contribution < -0.4 is 10.1 Å². The lowest BCUT2D eigenvalue weighted by molar-refractivity contribution is 0.301. The summed E-state index contributed by atoms with van der Waals surface area (Å²) in [5.74, 6) is 0.714. The fraction of sp³-hybridized carbons (Fsp3) is 0.217. The molecule has 0 aliphatic rings. The minimum absolute atomic E-state index is 0.193. The SMILES string of the molecule is Cc1ccccc1COc1ccccc1CNCCc1ccc(F)cc1. The highest BCUT2D eigenvalue weighted by Gasteiger charge is 2.04. The van der Waals surface area contributed by atoms with Gasteiger partial charge < -0.3 is 10.1 Å². The third-order valence-electron chi connectivity index (χ3n) is 4.44. The van der Waals surface area contributed by atoms with Crippen molar-refractivity contribution in [3.63, 3.8) is 0 Å². The predicted molar refractivity (Wildman–Crippen MR) is 104 cm³/mol. The smallest absolute Gasteiger partial charge is 0.124 e. The summed E-state index contributed by atoms with van der Waals surface area (Å²) >= 11 is 0. The second kappa shape index (κ2) is 9.16. The van der Waals surface area contributed by atoms with Crippen LogP contribution in [0.5, 0.6) is 5.75 Å². The Balaban J connectivity index is 1.52. The minimum atomic E-state index is -0.193. The van der Waals surface area contributed by atoms with Crippen LogP contribution in [0, 0.1) is 12.7 Å². The first-order valence-electron chi connectivity index (χ1n) is 8.93. The summed E-state index contributed by atoms with van der Waals surface area (Å²) in [7, 11) is 0. The van der Waals surface area contributed by atoms with Crippen LogP contribution in [0.2, 0.25) is 0 Å². The Morgan fingerprint density at radius 1 is 0.846 bits per heavy atom. The normalized spacial score (nSPS) is 10.7. The maximum atomic E-state index is 12.9. The molecule has 0 heterocycles. The van der Waals surface area contributed by atoms with Gasteiger partial charge in [-0.2, -0.15) is 0 Å². The van der Waals surface area contributed by atoms with Crippen LogP contribution in [-0.2, 0) is 19.6 Å². The minimum Gasteiger partial charge on any atom is -0.489 e. The Kier molecular flexibility index (Phi) is 6.39. The summed E-state index contributed by atoms with van der Waals surface area (Å²) in [4.78, 5) is 0. The first-order valence-corrected chi connectivity index (χ1v) is 8.93. The van der Waals surface area contributed by atoms with Crippen molar-refractivity contribution < 1.29 is 9.13 Å². The van der Waals surface area contributed by atoms with E-state index in [9.17, 15) is 4.39 Å². The molecule has 3 aromatic rings. The molecule has 0 unspecified atom stereocenters. The molecule has 0 saturated carbocycles. The highest BCUT2D eigenvalue weighted by atomic mass is 19.1. The molecule has 0 atom stereocenters. The summed E-state index contributed by atoms with van der Waals surface area (Å²) in [6.07, 6.45) is 0.868. The lowest BCUT2D eigenvalue weighted by atomic mass is 10.1. The lowest BCUT2D eigenvalue weighted by Crippen LogP contribution is -2.17. The van der Waals surface area contributed by atoms with E-state index in [0.717, 1.165) is 36.4 Å². The molecule has 134 valence electrons. The molecule has 0 fully saturated rings. The summed E-state index contributed by atoms with van der Waals surface area (Å²) in [6.45, 7) is 4.24. The fourth-order valence-corrected chi connectivity index (χ4v) is 2.83. The van der Waals surface area contributed by atoms with E-state index in [0.29, 0.717) is 6.61 Å². The van der Waals surface area contributed by atoms with Gasteiger partial charge >= 0.3 is 0 Å². The molecule has 0 spiro atoms. The topological polar surface area (TPSA) is 21.3 Å². The zero-order chi connectivity index (χ0) is 18.2. The largest absolute Gasteiger partial charge is 0.489 e. The Hall–Kier alpha value is -2.65. The van der Waals surface area contributed by atoms with E-state index in [1.165, 1.54) is 23.3 Å². The van der Waals surface area contributed by atoms with Crippen LogP contribution in [0.4, 0.5) is 4.39 Å². The number of rotatable bonds is 8. The number of benzene rings is 3. The van der Waals surface area contributed by atoms with E-state index in [1.54, 1.807) is 0 Å². The molecule has 0 amide bonds. The van der Waals surface area contributed by atoms with Gasteiger partial charge in [-0.15, -0.1) is 0 Å². The fourth-order valence-electron chi connectivity index (χ4n) is 2.83. The molecule has 26 heavy (non-hydrogen) atoms. The molecule has 2 nitrogen and oxygen atoms in total. The van der Waals surface area contributed by atoms with Crippen molar-refractivity contribution in [2.45, 2.75) is 26.5 Å². The Morgan fingerprint density at radius 2 is 1.54 bits per heavy atom. The van der Waals surface area contributed by atoms with Crippen molar-refractivity contribution in [3.8, 4) is 5.75 Å². The van der Waals surface area contributed by atoms with Crippen LogP contribution in [-0.4, -0.2) is 6.54 Å². The first-order chi connectivity index (χ1) is 12.7. The van der Waals surface area contributed by atoms with Gasteiger partial charge in [0, 0.05) is 12.1 Å². The van der Waals surface area contributed by atoms with E-state index in [2.05, 4.69) is 30.4 Å². The number of hydrogen-bond acceptors (Lipinski definition) is 2. The summed E-state index contributed by atoms with van der Waals surface area (Å²) in [6, 6.07) is 23.0. The number of halogens is 1. The van der Waals surface area contributed by atoms with Gasteiger partial charge in [0.05, 0.1) is 0 Å². The van der Waals surface area contributed by atoms with Crippen LogP contribution in [0.1, 0.15) is 22.3 Å². The van der Waals surface area contributed by atoms with E-state index in [1.807, 2.05) is 42.5 Å². The average Bonchev–Trinajstić information content (AvgIpc) is 2.67. The van der Waals surface area contributed by atoms with Crippen molar-refractivity contribution in [3.05, 3.63) is 101 Å². The summed E-state index contributed by atoms with van der Waals surface area (Å²) in [5.41, 5.74) is 4.71. The van der Waals surface area contributed by atoms with Gasteiger partial charge in [0.15, 0.2) is 0 Å². The maximum Gasteiger partial charge on any atom is 0.124 e. The Labute approximate surface area is 154 Å². The molecular weight excluding hydrogens is 325 g/mol. The highest BCUT2D eigenvalue weighted by Crippen LogP contribution is 2.20. The molecule has 0 aliphatic heterocycles. The van der Waals surface area contributed by atoms with E-state index < -0.39 is 0 Å². The van der Waals surface area contributed by atoms with Crippen LogP contribution in [0.3, 0.4) is 0 Å². The number of ether oxygens (including phenoxy) is 1. The van der Waals surface area contributed by atoms with Gasteiger partial charge in [-0.3, -0.25) is 0 Å². The molecule has 1 N–H and O–H groups in total. The van der Waals surface area contributed by atoms with Gasteiger partial charge in [0.25, 0.3) is 0 Å². The molecule has 0 bridgehead atoms. The molecule has 0 saturated heterocycles. The summed E-state index contributed by atoms with van der Waals surface area (Å²) < 4.78 is 19.0. The van der Waals surface area contributed by atoms with Crippen molar-refractivity contribution >= 4 is 0 Å². The van der Waals surface area contributed by atoms with Gasteiger partial charge in [-0.25, -0.2) is 4.39 Å². The van der Waals surface area contributed by atoms with Crippen molar-refractivity contribution in [1.29, 1.82) is 0 Å². The van der Waals surface area contributed by atoms with Gasteiger partial charge in [0.1, 0.15) is 18.2 Å². The second-order valence-corrected chi connectivity index (χ2v) is 6.38. The van der Waals surface area contributed by atoms with Gasteiger partial charge in [-0.1, -0.05) is 54.6 Å². The van der Waals surface area contributed by atoms with Crippen LogP contribution in [0.25, 0.3) is 0 Å².